The Morgan fingerprint density at radius 3 is 1.81 bits per heavy atom. The lowest BCUT2D eigenvalue weighted by Gasteiger charge is -2.48. The van der Waals surface area contributed by atoms with Gasteiger partial charge in [0.05, 0.1) is 36.4 Å². The van der Waals surface area contributed by atoms with Gasteiger partial charge in [-0.15, -0.1) is 0 Å². The van der Waals surface area contributed by atoms with Crippen LogP contribution in [0.5, 0.6) is 0 Å². The van der Waals surface area contributed by atoms with Crippen LogP contribution >= 0.6 is 0 Å². The third kappa shape index (κ3) is 8.56. The van der Waals surface area contributed by atoms with Crippen LogP contribution in [0, 0.1) is 34.0 Å². The molecular formula is C45H60N4O14. The van der Waals surface area contributed by atoms with E-state index in [4.69, 9.17) is 15.0 Å². The van der Waals surface area contributed by atoms with Crippen molar-refractivity contribution in [2.45, 2.75) is 150 Å². The summed E-state index contributed by atoms with van der Waals surface area (Å²) in [6, 6.07) is -1.13. The number of hydrogen-bond acceptors (Lipinski definition) is 11. The zero-order valence-corrected chi connectivity index (χ0v) is 37.1. The quantitative estimate of drug-likeness (QED) is 0.0800. The van der Waals surface area contributed by atoms with Crippen LogP contribution in [0.15, 0.2) is 48.7 Å². The molecule has 0 fully saturated rings. The van der Waals surface area contributed by atoms with Crippen molar-refractivity contribution in [1.29, 1.82) is 0 Å². The van der Waals surface area contributed by atoms with Crippen molar-refractivity contribution in [2.24, 2.45) is 49.0 Å². The van der Waals surface area contributed by atoms with E-state index >= 15 is 0 Å². The van der Waals surface area contributed by atoms with Gasteiger partial charge >= 0.3 is 41.8 Å². The van der Waals surface area contributed by atoms with Gasteiger partial charge in [0.15, 0.2) is 0 Å². The maximum absolute atomic E-state index is 13.1. The number of aliphatic imine (C=N–C) groups is 3. The Bertz CT molecular complexity index is 2240. The Hall–Kier alpha value is -5.68. The number of rotatable bonds is 18. The van der Waals surface area contributed by atoms with E-state index in [1.165, 1.54) is 0 Å². The van der Waals surface area contributed by atoms with E-state index in [9.17, 15) is 69.3 Å². The monoisotopic (exact) mass is 880 g/mol. The summed E-state index contributed by atoms with van der Waals surface area (Å²) in [5.74, 6) is -10.9. The van der Waals surface area contributed by atoms with Gasteiger partial charge in [-0.1, -0.05) is 20.8 Å². The average molecular weight is 881 g/mol. The fourth-order valence-corrected chi connectivity index (χ4v) is 11.7. The summed E-state index contributed by atoms with van der Waals surface area (Å²) in [6.45, 7) is 13.9. The van der Waals surface area contributed by atoms with Gasteiger partial charge in [-0.05, 0) is 82.6 Å². The number of carboxylic acid groups (broad SMARTS) is 7. The largest absolute Gasteiger partial charge is 0.481 e. The lowest BCUT2D eigenvalue weighted by Crippen LogP contribution is -2.55. The Kier molecular flexibility index (Phi) is 13.1. The Morgan fingerprint density at radius 2 is 1.27 bits per heavy atom. The highest BCUT2D eigenvalue weighted by Crippen LogP contribution is 2.62. The van der Waals surface area contributed by atoms with E-state index in [0.29, 0.717) is 45.1 Å². The highest BCUT2D eigenvalue weighted by atomic mass is 16.4. The molecule has 5 aliphatic heterocycles. The minimum Gasteiger partial charge on any atom is -0.481 e. The number of nitrogens with zero attached hydrogens (tertiary/aromatic N) is 3. The van der Waals surface area contributed by atoms with E-state index in [1.54, 1.807) is 41.5 Å². The number of fused-ring (bicyclic) bond motifs is 6. The summed E-state index contributed by atoms with van der Waals surface area (Å²) in [7, 11) is 0. The van der Waals surface area contributed by atoms with Crippen molar-refractivity contribution in [3.8, 4) is 0 Å². The van der Waals surface area contributed by atoms with Gasteiger partial charge in [0.1, 0.15) is 0 Å². The maximum Gasteiger partial charge on any atom is 0.304 e. The molecule has 18 heteroatoms. The molecule has 63 heavy (non-hydrogen) atoms. The van der Waals surface area contributed by atoms with Gasteiger partial charge in [-0.3, -0.25) is 48.5 Å². The lowest BCUT2D eigenvalue weighted by molar-refractivity contribution is -0.143. The van der Waals surface area contributed by atoms with Crippen molar-refractivity contribution in [2.75, 3.05) is 0 Å². The Labute approximate surface area is 365 Å². The van der Waals surface area contributed by atoms with Crippen LogP contribution < -0.4 is 5.32 Å². The summed E-state index contributed by atoms with van der Waals surface area (Å²) >= 11 is 0. The maximum atomic E-state index is 13.1. The van der Waals surface area contributed by atoms with Crippen LogP contribution in [0.4, 0.5) is 0 Å². The third-order valence-corrected chi connectivity index (χ3v) is 15.2. The third-order valence-electron chi connectivity index (χ3n) is 15.2. The molecule has 8 N–H and O–H groups in total. The summed E-state index contributed by atoms with van der Waals surface area (Å²) in [6.07, 6.45) is -3.24. The number of allylic oxidation sites excluding steroid dienone is 3. The van der Waals surface area contributed by atoms with Crippen molar-refractivity contribution < 1.29 is 69.3 Å². The van der Waals surface area contributed by atoms with E-state index in [1.807, 2.05) is 13.8 Å². The molecule has 344 valence electrons. The fourth-order valence-electron chi connectivity index (χ4n) is 11.7. The number of carboxylic acids is 7. The molecule has 0 amide bonds. The number of aliphatic carboxylic acids is 7. The molecule has 8 bridgehead atoms. The molecular weight excluding hydrogens is 821 g/mol. The topological polar surface area (TPSA) is 310 Å². The van der Waals surface area contributed by atoms with Crippen LogP contribution in [0.1, 0.15) is 132 Å². The normalized spacial score (nSPS) is 33.6. The standard InChI is InChI=1S/C45H60N4O14/c1-21-36-24(9-12-29(50)51)23(3)44(7,48-36)18-28-25(10-13-30(52)53)42(5,19-34(60)61)39(46-28)22(2)37-26(11-14-31(54)55)43(6,20-35(62)63)45(8,49-37)40-27(17-33(58)59)41(4,38(21)47-40)16-15-32(56)57/h21,26-27,40,46H,9-20H2,1-8H3,(H,50,51)(H,52,53)(H,54,55)(H,56,57)(H,58,59)(H,60,61)(H,62,63)/t21?,26-,27+,40-,41-,42+,43+,44+,45+/m1/s1. The van der Waals surface area contributed by atoms with Crippen molar-refractivity contribution in [3.05, 3.63) is 33.7 Å². The van der Waals surface area contributed by atoms with Crippen LogP contribution in [0.2, 0.25) is 0 Å². The molecule has 0 aromatic heterocycles. The first-order valence-electron chi connectivity index (χ1n) is 21.3. The minimum absolute atomic E-state index is 0.0354. The van der Waals surface area contributed by atoms with Crippen LogP contribution in [0.3, 0.4) is 0 Å². The molecule has 1 unspecified atom stereocenters. The molecule has 0 aromatic carbocycles. The van der Waals surface area contributed by atoms with Crippen molar-refractivity contribution >= 4 is 58.9 Å². The van der Waals surface area contributed by atoms with Gasteiger partial charge in [-0.25, -0.2) is 0 Å². The van der Waals surface area contributed by atoms with Crippen LogP contribution in [0.25, 0.3) is 0 Å². The lowest BCUT2D eigenvalue weighted by atomic mass is 9.55. The first kappa shape index (κ1) is 48.4. The molecule has 0 saturated heterocycles. The number of hydrogen-bond donors (Lipinski definition) is 8. The second-order valence-corrected chi connectivity index (χ2v) is 19.1. The number of carbonyl (C=O) groups is 7. The Morgan fingerprint density at radius 1 is 0.698 bits per heavy atom. The molecule has 5 rings (SSSR count). The SMILES string of the molecule is CC1=C2NC(=C(CCC(=O)O)[C@]2(C)CC(=O)O)C[C@]2(C)N=C(C(CCC(=O)O)=C2C)C(C)C2=N[C@H]([C@H](CC(=O)O)[C@@]2(C)CCC(=O)O)[C@]2(C)N=C1[C@@H](CCC(=O)O)[C@]2(C)CC(=O)O. The molecule has 9 atom stereocenters. The first-order valence-corrected chi connectivity index (χ1v) is 21.3. The molecule has 18 nitrogen and oxygen atoms in total. The zero-order valence-electron chi connectivity index (χ0n) is 37.1. The van der Waals surface area contributed by atoms with Crippen molar-refractivity contribution in [3.63, 3.8) is 0 Å². The average Bonchev–Trinajstić information content (AvgIpc) is 3.75. The first-order chi connectivity index (χ1) is 29.1. The second kappa shape index (κ2) is 17.1. The van der Waals surface area contributed by atoms with Crippen LogP contribution in [-0.4, -0.2) is 112 Å². The van der Waals surface area contributed by atoms with Gasteiger partial charge in [0.25, 0.3) is 0 Å². The summed E-state index contributed by atoms with van der Waals surface area (Å²) in [4.78, 5) is 104. The highest BCUT2D eigenvalue weighted by molar-refractivity contribution is 6.18. The zero-order chi connectivity index (χ0) is 47.4. The fraction of sp³-hybridized carbons (Fsp3) is 0.644. The second-order valence-electron chi connectivity index (χ2n) is 19.1. The minimum atomic E-state index is -1.62. The van der Waals surface area contributed by atoms with Gasteiger partial charge in [-0.2, -0.15) is 0 Å². The molecule has 0 radical (unpaired) electrons. The predicted octanol–water partition coefficient (Wildman–Crippen LogP) is 5.86. The molecule has 0 spiro atoms. The molecule has 0 aromatic rings. The molecule has 0 aliphatic carbocycles. The highest BCUT2D eigenvalue weighted by Gasteiger charge is 2.66. The van der Waals surface area contributed by atoms with Gasteiger partial charge in [0, 0.05) is 94.6 Å². The predicted molar refractivity (Wildman–Crippen MR) is 228 cm³/mol. The summed E-state index contributed by atoms with van der Waals surface area (Å²) in [5, 5.41) is 75.1. The smallest absolute Gasteiger partial charge is 0.304 e. The molecule has 0 saturated carbocycles. The number of nitrogens with one attached hydrogen (secondary N) is 1. The van der Waals surface area contributed by atoms with E-state index < -0.39 is 119 Å². The molecule has 5 aliphatic rings. The molecule has 5 heterocycles. The van der Waals surface area contributed by atoms with Gasteiger partial charge in [0.2, 0.25) is 0 Å². The van der Waals surface area contributed by atoms with E-state index in [-0.39, 0.29) is 57.1 Å². The van der Waals surface area contributed by atoms with Crippen molar-refractivity contribution in [1.82, 2.24) is 5.32 Å². The summed E-state index contributed by atoms with van der Waals surface area (Å²) < 4.78 is 0. The van der Waals surface area contributed by atoms with E-state index in [0.717, 1.165) is 0 Å². The van der Waals surface area contributed by atoms with Gasteiger partial charge < -0.3 is 41.1 Å². The van der Waals surface area contributed by atoms with E-state index in [2.05, 4.69) is 5.32 Å². The van der Waals surface area contributed by atoms with Crippen LogP contribution in [-0.2, 0) is 33.6 Å². The Balaban J connectivity index is 2.00. The summed E-state index contributed by atoms with van der Waals surface area (Å²) in [5.41, 5.74) is -2.82.